The fourth-order valence-corrected chi connectivity index (χ4v) is 2.28. The standard InChI is InChI=1S/C15H11N5O/c21-15(10-3-4-20-9-16-7-12(20)5-10)19-11-1-2-13-14(6-11)18-8-17-13/h1-9H,(H,17,18)(H,19,21). The molecule has 0 aliphatic heterocycles. The van der Waals surface area contributed by atoms with Crippen molar-refractivity contribution in [3.63, 3.8) is 0 Å². The minimum atomic E-state index is -0.155. The van der Waals surface area contributed by atoms with E-state index in [2.05, 4.69) is 20.3 Å². The Bertz CT molecular complexity index is 953. The monoisotopic (exact) mass is 277 g/mol. The molecule has 0 radical (unpaired) electrons. The number of hydrogen-bond acceptors (Lipinski definition) is 3. The minimum Gasteiger partial charge on any atom is -0.345 e. The van der Waals surface area contributed by atoms with Crippen molar-refractivity contribution in [3.8, 4) is 0 Å². The number of amides is 1. The second-order valence-electron chi connectivity index (χ2n) is 4.73. The Balaban J connectivity index is 1.64. The number of imidazole rings is 2. The molecule has 3 aromatic heterocycles. The molecule has 0 fully saturated rings. The molecule has 21 heavy (non-hydrogen) atoms. The highest BCUT2D eigenvalue weighted by atomic mass is 16.1. The van der Waals surface area contributed by atoms with Gasteiger partial charge in [-0.05, 0) is 30.3 Å². The molecule has 0 unspecified atom stereocenters. The summed E-state index contributed by atoms with van der Waals surface area (Å²) in [6.07, 6.45) is 6.86. The Kier molecular flexibility index (Phi) is 2.47. The van der Waals surface area contributed by atoms with Gasteiger partial charge in [-0.15, -0.1) is 0 Å². The van der Waals surface area contributed by atoms with E-state index in [1.54, 1.807) is 31.0 Å². The minimum absolute atomic E-state index is 0.155. The highest BCUT2D eigenvalue weighted by Crippen LogP contribution is 2.17. The summed E-state index contributed by atoms with van der Waals surface area (Å²) in [7, 11) is 0. The molecular formula is C15H11N5O. The van der Waals surface area contributed by atoms with Gasteiger partial charge in [0.05, 0.1) is 35.4 Å². The number of pyridine rings is 1. The number of aromatic nitrogens is 4. The van der Waals surface area contributed by atoms with Gasteiger partial charge in [0.15, 0.2) is 0 Å². The highest BCUT2D eigenvalue weighted by molar-refractivity contribution is 6.05. The molecule has 0 spiro atoms. The van der Waals surface area contributed by atoms with Crippen LogP contribution in [0.15, 0.2) is 55.4 Å². The number of benzene rings is 1. The predicted octanol–water partition coefficient (Wildman–Crippen LogP) is 2.46. The van der Waals surface area contributed by atoms with E-state index in [0.29, 0.717) is 5.56 Å². The number of hydrogen-bond donors (Lipinski definition) is 2. The van der Waals surface area contributed by atoms with Crippen molar-refractivity contribution in [2.75, 3.05) is 5.32 Å². The van der Waals surface area contributed by atoms with E-state index in [1.165, 1.54) is 0 Å². The average molecular weight is 277 g/mol. The molecule has 0 saturated carbocycles. The molecule has 1 amide bonds. The number of fused-ring (bicyclic) bond motifs is 2. The van der Waals surface area contributed by atoms with Gasteiger partial charge in [-0.3, -0.25) is 4.79 Å². The Hall–Kier alpha value is -3.15. The van der Waals surface area contributed by atoms with E-state index in [1.807, 2.05) is 28.8 Å². The molecule has 3 heterocycles. The normalized spacial score (nSPS) is 11.0. The van der Waals surface area contributed by atoms with E-state index in [-0.39, 0.29) is 5.91 Å². The summed E-state index contributed by atoms with van der Waals surface area (Å²) in [4.78, 5) is 23.5. The Morgan fingerprint density at radius 2 is 2.19 bits per heavy atom. The van der Waals surface area contributed by atoms with Crippen LogP contribution < -0.4 is 5.32 Å². The Labute approximate surface area is 119 Å². The van der Waals surface area contributed by atoms with E-state index in [9.17, 15) is 4.79 Å². The topological polar surface area (TPSA) is 75.1 Å². The van der Waals surface area contributed by atoms with Crippen LogP contribution in [0.3, 0.4) is 0 Å². The molecule has 4 rings (SSSR count). The van der Waals surface area contributed by atoms with Crippen LogP contribution in [0.2, 0.25) is 0 Å². The van der Waals surface area contributed by atoms with E-state index < -0.39 is 0 Å². The summed E-state index contributed by atoms with van der Waals surface area (Å²) in [5, 5.41) is 2.88. The summed E-state index contributed by atoms with van der Waals surface area (Å²) in [6.45, 7) is 0. The van der Waals surface area contributed by atoms with Gasteiger partial charge < -0.3 is 14.7 Å². The van der Waals surface area contributed by atoms with Crippen LogP contribution in [0, 0.1) is 0 Å². The average Bonchev–Trinajstić information content (AvgIpc) is 3.14. The van der Waals surface area contributed by atoms with Crippen molar-refractivity contribution in [1.82, 2.24) is 19.4 Å². The van der Waals surface area contributed by atoms with Gasteiger partial charge in [-0.25, -0.2) is 9.97 Å². The molecule has 0 aliphatic rings. The fraction of sp³-hybridized carbons (Fsp3) is 0. The zero-order chi connectivity index (χ0) is 14.2. The number of anilines is 1. The van der Waals surface area contributed by atoms with Crippen LogP contribution in [-0.4, -0.2) is 25.3 Å². The number of nitrogens with zero attached hydrogens (tertiary/aromatic N) is 3. The predicted molar refractivity (Wildman–Crippen MR) is 79.2 cm³/mol. The van der Waals surface area contributed by atoms with Crippen molar-refractivity contribution in [2.24, 2.45) is 0 Å². The molecule has 0 saturated heterocycles. The van der Waals surface area contributed by atoms with Crippen LogP contribution in [0.5, 0.6) is 0 Å². The molecular weight excluding hydrogens is 266 g/mol. The Morgan fingerprint density at radius 3 is 3.14 bits per heavy atom. The van der Waals surface area contributed by atoms with Crippen molar-refractivity contribution in [3.05, 3.63) is 60.9 Å². The van der Waals surface area contributed by atoms with Gasteiger partial charge in [0.25, 0.3) is 5.91 Å². The molecule has 6 heteroatoms. The summed E-state index contributed by atoms with van der Waals surface area (Å²) >= 11 is 0. The number of carbonyl (C=O) groups excluding carboxylic acids is 1. The number of H-pyrrole nitrogens is 1. The first-order valence-corrected chi connectivity index (χ1v) is 6.46. The van der Waals surface area contributed by atoms with E-state index in [4.69, 9.17) is 0 Å². The maximum absolute atomic E-state index is 12.3. The zero-order valence-corrected chi connectivity index (χ0v) is 10.9. The Morgan fingerprint density at radius 1 is 1.24 bits per heavy atom. The van der Waals surface area contributed by atoms with Gasteiger partial charge >= 0.3 is 0 Å². The second kappa shape index (κ2) is 4.45. The van der Waals surface area contributed by atoms with Gasteiger partial charge in [-0.2, -0.15) is 0 Å². The van der Waals surface area contributed by atoms with E-state index >= 15 is 0 Å². The lowest BCUT2D eigenvalue weighted by Gasteiger charge is -2.05. The first-order valence-electron chi connectivity index (χ1n) is 6.46. The van der Waals surface area contributed by atoms with E-state index in [0.717, 1.165) is 22.2 Å². The smallest absolute Gasteiger partial charge is 0.255 e. The van der Waals surface area contributed by atoms with Crippen LogP contribution in [0.1, 0.15) is 10.4 Å². The quantitative estimate of drug-likeness (QED) is 0.591. The maximum atomic E-state index is 12.3. The van der Waals surface area contributed by atoms with Crippen molar-refractivity contribution < 1.29 is 4.79 Å². The zero-order valence-electron chi connectivity index (χ0n) is 10.9. The van der Waals surface area contributed by atoms with Crippen LogP contribution in [0.4, 0.5) is 5.69 Å². The third-order valence-electron chi connectivity index (χ3n) is 3.35. The van der Waals surface area contributed by atoms with Crippen LogP contribution in [0.25, 0.3) is 16.6 Å². The third kappa shape index (κ3) is 2.02. The molecule has 0 atom stereocenters. The molecule has 2 N–H and O–H groups in total. The first kappa shape index (κ1) is 11.7. The second-order valence-corrected chi connectivity index (χ2v) is 4.73. The van der Waals surface area contributed by atoms with Gasteiger partial charge in [0, 0.05) is 17.4 Å². The van der Waals surface area contributed by atoms with Crippen molar-refractivity contribution in [1.29, 1.82) is 0 Å². The number of aromatic amines is 1. The summed E-state index contributed by atoms with van der Waals surface area (Å²) in [6, 6.07) is 9.12. The van der Waals surface area contributed by atoms with Crippen molar-refractivity contribution in [2.45, 2.75) is 0 Å². The van der Waals surface area contributed by atoms with Gasteiger partial charge in [0.1, 0.15) is 0 Å². The maximum Gasteiger partial charge on any atom is 0.255 e. The lowest BCUT2D eigenvalue weighted by atomic mass is 10.2. The third-order valence-corrected chi connectivity index (χ3v) is 3.35. The molecule has 1 aromatic carbocycles. The van der Waals surface area contributed by atoms with Crippen molar-refractivity contribution >= 4 is 28.1 Å². The number of carbonyl (C=O) groups is 1. The van der Waals surface area contributed by atoms with Gasteiger partial charge in [0.2, 0.25) is 0 Å². The molecule has 102 valence electrons. The summed E-state index contributed by atoms with van der Waals surface area (Å²) in [5.74, 6) is -0.155. The molecule has 0 bridgehead atoms. The summed E-state index contributed by atoms with van der Waals surface area (Å²) < 4.78 is 1.85. The molecule has 0 aliphatic carbocycles. The SMILES string of the molecule is O=C(Nc1ccc2nc[nH]c2c1)c1ccn2cncc2c1. The molecule has 6 nitrogen and oxygen atoms in total. The van der Waals surface area contributed by atoms with Gasteiger partial charge in [-0.1, -0.05) is 0 Å². The molecule has 4 aromatic rings. The fourth-order valence-electron chi connectivity index (χ4n) is 2.28. The number of rotatable bonds is 2. The lowest BCUT2D eigenvalue weighted by molar-refractivity contribution is 0.102. The highest BCUT2D eigenvalue weighted by Gasteiger charge is 2.08. The van der Waals surface area contributed by atoms with Crippen LogP contribution >= 0.6 is 0 Å². The largest absolute Gasteiger partial charge is 0.345 e. The summed E-state index contributed by atoms with van der Waals surface area (Å²) in [5.41, 5.74) is 3.96. The lowest BCUT2D eigenvalue weighted by Crippen LogP contribution is -2.12. The van der Waals surface area contributed by atoms with Crippen LogP contribution in [-0.2, 0) is 0 Å². The number of nitrogens with one attached hydrogen (secondary N) is 2. The first-order chi connectivity index (χ1) is 10.3.